The second-order valence-corrected chi connectivity index (χ2v) is 7.76. The average Bonchev–Trinajstić information content (AvgIpc) is 2.84. The van der Waals surface area contributed by atoms with E-state index in [2.05, 4.69) is 19.7 Å². The molecule has 27 heavy (non-hydrogen) atoms. The van der Waals surface area contributed by atoms with E-state index in [1.807, 2.05) is 4.68 Å². The van der Waals surface area contributed by atoms with Crippen LogP contribution >= 0.6 is 12.2 Å². The molecule has 152 valence electrons. The number of carbonyl (C=O) groups is 1. The van der Waals surface area contributed by atoms with Crippen molar-refractivity contribution < 1.29 is 9.53 Å². The molecule has 1 amide bonds. The predicted octanol–water partition coefficient (Wildman–Crippen LogP) is 0.868. The van der Waals surface area contributed by atoms with E-state index in [0.29, 0.717) is 19.7 Å². The molecule has 1 N–H and O–H groups in total. The van der Waals surface area contributed by atoms with Crippen LogP contribution in [0.15, 0.2) is 0 Å². The van der Waals surface area contributed by atoms with Gasteiger partial charge in [0.25, 0.3) is 0 Å². The molecule has 0 unspecified atom stereocenters. The van der Waals surface area contributed by atoms with Gasteiger partial charge in [-0.1, -0.05) is 6.42 Å². The third kappa shape index (κ3) is 5.84. The van der Waals surface area contributed by atoms with Gasteiger partial charge in [0.05, 0.1) is 13.2 Å². The van der Waals surface area contributed by atoms with E-state index in [-0.39, 0.29) is 5.91 Å². The molecule has 3 rings (SSSR count). The minimum absolute atomic E-state index is 0.0969. The zero-order valence-corrected chi connectivity index (χ0v) is 17.2. The number of fused-ring (bicyclic) bond motifs is 1. The van der Waals surface area contributed by atoms with Crippen LogP contribution in [0.3, 0.4) is 0 Å². The molecular formula is C18H32N6O2S. The Balaban J connectivity index is 1.42. The number of methoxy groups -OCH3 is 1. The Morgan fingerprint density at radius 3 is 2.70 bits per heavy atom. The largest absolute Gasteiger partial charge is 0.385 e. The van der Waals surface area contributed by atoms with Crippen molar-refractivity contribution in [3.63, 3.8) is 0 Å². The number of rotatable bonds is 8. The highest BCUT2D eigenvalue weighted by atomic mass is 32.1. The lowest BCUT2D eigenvalue weighted by atomic mass is 10.2. The van der Waals surface area contributed by atoms with Crippen molar-refractivity contribution in [2.45, 2.75) is 45.3 Å². The van der Waals surface area contributed by atoms with Gasteiger partial charge in [0, 0.05) is 59.4 Å². The number of ether oxygens (including phenoxy) is 1. The van der Waals surface area contributed by atoms with Gasteiger partial charge in [-0.3, -0.25) is 14.6 Å². The van der Waals surface area contributed by atoms with E-state index in [4.69, 9.17) is 22.1 Å². The summed E-state index contributed by atoms with van der Waals surface area (Å²) in [5.41, 5.74) is 0. The first-order chi connectivity index (χ1) is 13.2. The Bertz CT molecular complexity index is 665. The molecule has 0 saturated carbocycles. The van der Waals surface area contributed by atoms with Crippen molar-refractivity contribution in [1.29, 1.82) is 0 Å². The highest BCUT2D eigenvalue weighted by molar-refractivity contribution is 7.71. The van der Waals surface area contributed by atoms with Crippen molar-refractivity contribution in [2.75, 3.05) is 53.0 Å². The van der Waals surface area contributed by atoms with Crippen LogP contribution in [0.1, 0.15) is 31.5 Å². The predicted molar refractivity (Wildman–Crippen MR) is 106 cm³/mol. The number of hydrogen-bond acceptors (Lipinski definition) is 6. The number of amides is 1. The molecular weight excluding hydrogens is 364 g/mol. The molecule has 0 bridgehead atoms. The Morgan fingerprint density at radius 1 is 1.15 bits per heavy atom. The van der Waals surface area contributed by atoms with Gasteiger partial charge in [0.1, 0.15) is 5.82 Å². The normalized spacial score (nSPS) is 18.9. The second-order valence-electron chi connectivity index (χ2n) is 7.39. The van der Waals surface area contributed by atoms with Crippen LogP contribution in [0.25, 0.3) is 0 Å². The maximum absolute atomic E-state index is 12.0. The summed E-state index contributed by atoms with van der Waals surface area (Å²) in [4.78, 5) is 16.6. The fourth-order valence-electron chi connectivity index (χ4n) is 3.70. The van der Waals surface area contributed by atoms with Crippen LogP contribution < -0.4 is 5.32 Å². The summed E-state index contributed by atoms with van der Waals surface area (Å²) >= 11 is 5.64. The number of piperazine rings is 1. The summed E-state index contributed by atoms with van der Waals surface area (Å²) in [6, 6.07) is 0. The monoisotopic (exact) mass is 396 g/mol. The lowest BCUT2D eigenvalue weighted by Gasteiger charge is -2.33. The van der Waals surface area contributed by atoms with E-state index >= 15 is 0 Å². The van der Waals surface area contributed by atoms with Gasteiger partial charge in [0.15, 0.2) is 4.77 Å². The third-order valence-corrected chi connectivity index (χ3v) is 5.73. The molecule has 2 aliphatic heterocycles. The van der Waals surface area contributed by atoms with Gasteiger partial charge in [-0.25, -0.2) is 4.68 Å². The minimum Gasteiger partial charge on any atom is -0.385 e. The average molecular weight is 397 g/mol. The lowest BCUT2D eigenvalue weighted by Crippen LogP contribution is -2.49. The maximum Gasteiger partial charge on any atom is 0.234 e. The molecule has 3 heterocycles. The fourth-order valence-corrected chi connectivity index (χ4v) is 3.99. The van der Waals surface area contributed by atoms with Crippen molar-refractivity contribution in [2.24, 2.45) is 0 Å². The third-order valence-electron chi connectivity index (χ3n) is 5.30. The second kappa shape index (κ2) is 10.3. The van der Waals surface area contributed by atoms with Crippen LogP contribution in [-0.4, -0.2) is 83.0 Å². The van der Waals surface area contributed by atoms with Crippen LogP contribution in [0, 0.1) is 4.77 Å². The summed E-state index contributed by atoms with van der Waals surface area (Å²) in [6.45, 7) is 7.23. The Labute approximate surface area is 166 Å². The zero-order valence-electron chi connectivity index (χ0n) is 16.4. The number of carbonyl (C=O) groups excluding carboxylic acids is 1. The van der Waals surface area contributed by atoms with Crippen LogP contribution in [0.4, 0.5) is 0 Å². The van der Waals surface area contributed by atoms with E-state index in [0.717, 1.165) is 62.8 Å². The first-order valence-electron chi connectivity index (χ1n) is 10.0. The van der Waals surface area contributed by atoms with E-state index in [1.54, 1.807) is 7.11 Å². The van der Waals surface area contributed by atoms with Gasteiger partial charge in [0.2, 0.25) is 5.91 Å². The number of aryl methyl sites for hydroxylation is 1. The summed E-state index contributed by atoms with van der Waals surface area (Å²) in [5.74, 6) is 1.24. The molecule has 1 aromatic heterocycles. The summed E-state index contributed by atoms with van der Waals surface area (Å²) in [5, 5.41) is 7.72. The molecule has 1 aromatic rings. The molecule has 0 atom stereocenters. The lowest BCUT2D eigenvalue weighted by molar-refractivity contribution is -0.122. The van der Waals surface area contributed by atoms with Gasteiger partial charge in [-0.15, -0.1) is 0 Å². The van der Waals surface area contributed by atoms with Crippen LogP contribution in [-0.2, 0) is 29.2 Å². The van der Waals surface area contributed by atoms with E-state index in [9.17, 15) is 4.79 Å². The number of nitrogens with zero attached hydrogens (tertiary/aromatic N) is 5. The topological polar surface area (TPSA) is 67.6 Å². The highest BCUT2D eigenvalue weighted by Gasteiger charge is 2.21. The number of nitrogens with one attached hydrogen (secondary N) is 1. The molecule has 9 heteroatoms. The summed E-state index contributed by atoms with van der Waals surface area (Å²) in [7, 11) is 1.68. The van der Waals surface area contributed by atoms with Gasteiger partial charge in [-0.2, -0.15) is 5.10 Å². The molecule has 0 radical (unpaired) electrons. The molecule has 1 fully saturated rings. The van der Waals surface area contributed by atoms with Gasteiger partial charge >= 0.3 is 0 Å². The van der Waals surface area contributed by atoms with Crippen molar-refractivity contribution in [3.8, 4) is 0 Å². The molecule has 0 aromatic carbocycles. The molecule has 1 saturated heterocycles. The molecule has 8 nitrogen and oxygen atoms in total. The zero-order chi connectivity index (χ0) is 19.1. The van der Waals surface area contributed by atoms with Gasteiger partial charge < -0.3 is 14.6 Å². The first-order valence-corrected chi connectivity index (χ1v) is 10.4. The SMILES string of the molecule is COCCCNC(=O)CN1CCN(Cn2nc3n(c2=S)CCCCC3)CC1. The Morgan fingerprint density at radius 2 is 1.93 bits per heavy atom. The van der Waals surface area contributed by atoms with Crippen molar-refractivity contribution >= 4 is 18.1 Å². The minimum atomic E-state index is 0.0969. The van der Waals surface area contributed by atoms with Crippen molar-refractivity contribution in [1.82, 2.24) is 29.5 Å². The molecule has 0 aliphatic carbocycles. The number of hydrogen-bond donors (Lipinski definition) is 1. The smallest absolute Gasteiger partial charge is 0.234 e. The standard InChI is InChI=1S/C18H32N6O2S/c1-26-13-5-7-19-17(25)14-21-9-11-22(12-10-21)15-24-18(27)23-8-4-2-3-6-16(23)20-24/h2-15H2,1H3,(H,19,25). The first kappa shape index (κ1) is 20.4. The van der Waals surface area contributed by atoms with E-state index in [1.165, 1.54) is 19.3 Å². The van der Waals surface area contributed by atoms with Crippen molar-refractivity contribution in [3.05, 3.63) is 10.6 Å². The van der Waals surface area contributed by atoms with E-state index < -0.39 is 0 Å². The molecule has 2 aliphatic rings. The number of aromatic nitrogens is 3. The summed E-state index contributed by atoms with van der Waals surface area (Å²) in [6.07, 6.45) is 5.55. The highest BCUT2D eigenvalue weighted by Crippen LogP contribution is 2.14. The quantitative estimate of drug-likeness (QED) is 0.520. The van der Waals surface area contributed by atoms with Crippen LogP contribution in [0.5, 0.6) is 0 Å². The summed E-state index contributed by atoms with van der Waals surface area (Å²) < 4.78 is 10.0. The van der Waals surface area contributed by atoms with Gasteiger partial charge in [-0.05, 0) is 31.5 Å². The Hall–Kier alpha value is -1.29. The fraction of sp³-hybridized carbons (Fsp3) is 0.833. The maximum atomic E-state index is 12.0. The molecule has 0 spiro atoms. The Kier molecular flexibility index (Phi) is 7.81. The van der Waals surface area contributed by atoms with Crippen LogP contribution in [0.2, 0.25) is 0 Å².